The molecule has 2 saturated heterocycles. The fraction of sp³-hybridized carbons (Fsp3) is 1.00. The molecule has 0 radical (unpaired) electrons. The smallest absolute Gasteiger partial charge is 0.388 e. The molecule has 2 rings (SSSR count). The zero-order valence-corrected chi connectivity index (χ0v) is 20.0. The molecule has 0 amide bonds. The van der Waals surface area contributed by atoms with Crippen molar-refractivity contribution < 1.29 is 72.3 Å². The van der Waals surface area contributed by atoms with E-state index in [2.05, 4.69) is 8.37 Å². The van der Waals surface area contributed by atoms with Crippen molar-refractivity contribution in [2.24, 2.45) is 5.14 Å². The third-order valence-corrected chi connectivity index (χ3v) is 6.43. The van der Waals surface area contributed by atoms with Gasteiger partial charge in [-0.2, -0.15) is 30.0 Å². The number of nitrogens with two attached hydrogens (primary N) is 1. The van der Waals surface area contributed by atoms with E-state index in [1.165, 1.54) is 13.8 Å². The highest BCUT2D eigenvalue weighted by Crippen LogP contribution is 2.31. The van der Waals surface area contributed by atoms with Crippen molar-refractivity contribution in [1.29, 1.82) is 0 Å². The van der Waals surface area contributed by atoms with E-state index in [1.54, 1.807) is 4.72 Å². The van der Waals surface area contributed by atoms with Crippen LogP contribution in [0.25, 0.3) is 0 Å². The van der Waals surface area contributed by atoms with Crippen LogP contribution in [-0.4, -0.2) is 117 Å². The van der Waals surface area contributed by atoms with Crippen molar-refractivity contribution in [1.82, 2.24) is 4.72 Å². The summed E-state index contributed by atoms with van der Waals surface area (Å²) in [5.41, 5.74) is 0. The van der Waals surface area contributed by atoms with E-state index in [9.17, 15) is 40.6 Å². The van der Waals surface area contributed by atoms with Gasteiger partial charge in [-0.1, -0.05) is 0 Å². The van der Waals surface area contributed by atoms with Crippen molar-refractivity contribution in [3.05, 3.63) is 0 Å². The van der Waals surface area contributed by atoms with Crippen molar-refractivity contribution >= 4 is 31.0 Å². The van der Waals surface area contributed by atoms with Crippen LogP contribution < -0.4 is 9.86 Å². The fourth-order valence-electron chi connectivity index (χ4n) is 3.50. The molecule has 18 nitrogen and oxygen atoms in total. The predicted octanol–water partition coefficient (Wildman–Crippen LogP) is -4.84. The Balaban J connectivity index is 2.33. The lowest BCUT2D eigenvalue weighted by atomic mass is 9.95. The Bertz CT molecular complexity index is 1020. The fourth-order valence-corrected chi connectivity index (χ4v) is 4.97. The number of rotatable bonds is 9. The van der Waals surface area contributed by atoms with Crippen molar-refractivity contribution in [3.63, 3.8) is 0 Å². The maximum atomic E-state index is 11.3. The lowest BCUT2D eigenvalue weighted by Gasteiger charge is -2.46. The second kappa shape index (κ2) is 10.8. The first-order chi connectivity index (χ1) is 15.3. The topological polar surface area (TPSA) is 288 Å². The standard InChI is InChI=1S/C13H26N2O16S3/c1-4-11(10(18)12(5(2)28-4)31-34(24,25)26)30-13-7(15-33(21,22)23)9(17)8(16)6(29-13)3-27-32(14,19)20/h4-13,15-18H,3H2,1-2H3,(H2,14,19,20)(H,21,22,23)(H,24,25,26)/t4?,5-,6?,7?,8+,9+,10+,11?,12?,13+/m0/s1. The predicted molar refractivity (Wildman–Crippen MR) is 106 cm³/mol. The summed E-state index contributed by atoms with van der Waals surface area (Å²) in [5.74, 6) is 0. The van der Waals surface area contributed by atoms with Crippen molar-refractivity contribution in [3.8, 4) is 0 Å². The zero-order chi connectivity index (χ0) is 26.2. The van der Waals surface area contributed by atoms with E-state index in [4.69, 9.17) is 28.5 Å². The molecule has 0 aromatic rings. The number of ether oxygens (including phenoxy) is 3. The summed E-state index contributed by atoms with van der Waals surface area (Å²) in [6.07, 6.45) is -15.0. The molecule has 0 aliphatic carbocycles. The first-order valence-electron chi connectivity index (χ1n) is 9.37. The summed E-state index contributed by atoms with van der Waals surface area (Å²) < 4.78 is 112. The van der Waals surface area contributed by atoms with E-state index in [0.717, 1.165) is 0 Å². The number of hydrogen-bond acceptors (Lipinski definition) is 14. The summed E-state index contributed by atoms with van der Waals surface area (Å²) in [6.45, 7) is 1.71. The molecule has 2 heterocycles. The van der Waals surface area contributed by atoms with Crippen LogP contribution in [0.5, 0.6) is 0 Å². The first kappa shape index (κ1) is 29.6. The Labute approximate surface area is 195 Å². The minimum Gasteiger partial charge on any atom is -0.388 e. The second-order valence-electron chi connectivity index (χ2n) is 7.55. The van der Waals surface area contributed by atoms with Crippen LogP contribution in [-0.2, 0) is 53.6 Å². The van der Waals surface area contributed by atoms with Crippen molar-refractivity contribution in [2.45, 2.75) is 75.0 Å². The molecule has 21 heteroatoms. The maximum absolute atomic E-state index is 11.3. The van der Waals surface area contributed by atoms with Gasteiger partial charge in [0.25, 0.3) is 0 Å². The minimum absolute atomic E-state index is 0.958. The van der Waals surface area contributed by atoms with Gasteiger partial charge in [0.2, 0.25) is 0 Å². The van der Waals surface area contributed by atoms with Crippen molar-refractivity contribution in [2.75, 3.05) is 6.61 Å². The Morgan fingerprint density at radius 2 is 1.44 bits per heavy atom. The molecule has 2 aliphatic heterocycles. The Morgan fingerprint density at radius 1 is 0.882 bits per heavy atom. The van der Waals surface area contributed by atoms with Crippen LogP contribution in [0.3, 0.4) is 0 Å². The maximum Gasteiger partial charge on any atom is 0.397 e. The largest absolute Gasteiger partial charge is 0.397 e. The molecule has 5 unspecified atom stereocenters. The Kier molecular flexibility index (Phi) is 9.38. The number of hydrogen-bond donors (Lipinski definition) is 7. The molecular weight excluding hydrogens is 536 g/mol. The monoisotopic (exact) mass is 562 g/mol. The molecule has 0 spiro atoms. The third kappa shape index (κ3) is 8.21. The molecule has 0 bridgehead atoms. The lowest BCUT2D eigenvalue weighted by molar-refractivity contribution is -0.314. The summed E-state index contributed by atoms with van der Waals surface area (Å²) >= 11 is 0. The Hall–Kier alpha value is -0.630. The molecule has 10 atom stereocenters. The lowest BCUT2D eigenvalue weighted by Crippen LogP contribution is -2.67. The molecule has 0 aromatic carbocycles. The van der Waals surface area contributed by atoms with Crippen LogP contribution >= 0.6 is 0 Å². The highest BCUT2D eigenvalue weighted by molar-refractivity contribution is 7.84. The molecular formula is C13H26N2O16S3. The van der Waals surface area contributed by atoms with Gasteiger partial charge in [-0.3, -0.25) is 13.3 Å². The summed E-state index contributed by atoms with van der Waals surface area (Å²) in [7, 11) is -14.6. The van der Waals surface area contributed by atoms with Gasteiger partial charge in [0, 0.05) is 0 Å². The van der Waals surface area contributed by atoms with E-state index in [1.807, 2.05) is 0 Å². The summed E-state index contributed by atoms with van der Waals surface area (Å²) in [6, 6.07) is -1.93. The van der Waals surface area contributed by atoms with Gasteiger partial charge in [-0.15, -0.1) is 0 Å². The normalized spacial score (nSPS) is 40.2. The van der Waals surface area contributed by atoms with Crippen LogP contribution in [0.1, 0.15) is 13.8 Å². The molecule has 2 aliphatic rings. The first-order valence-corrected chi connectivity index (χ1v) is 13.6. The van der Waals surface area contributed by atoms with Gasteiger partial charge < -0.3 is 29.5 Å². The molecule has 0 aromatic heterocycles. The van der Waals surface area contributed by atoms with E-state index in [-0.39, 0.29) is 0 Å². The number of aliphatic hydroxyl groups excluding tert-OH is 3. The highest BCUT2D eigenvalue weighted by atomic mass is 32.3. The molecule has 8 N–H and O–H groups in total. The van der Waals surface area contributed by atoms with Gasteiger partial charge in [-0.05, 0) is 13.8 Å². The molecule has 34 heavy (non-hydrogen) atoms. The average Bonchev–Trinajstić information content (AvgIpc) is 2.64. The quantitative estimate of drug-likeness (QED) is 0.130. The van der Waals surface area contributed by atoms with Crippen LogP contribution in [0.15, 0.2) is 0 Å². The van der Waals surface area contributed by atoms with Gasteiger partial charge in [0.15, 0.2) is 6.29 Å². The zero-order valence-electron chi connectivity index (χ0n) is 17.5. The van der Waals surface area contributed by atoms with Gasteiger partial charge in [-0.25, -0.2) is 9.32 Å². The van der Waals surface area contributed by atoms with Crippen LogP contribution in [0.2, 0.25) is 0 Å². The molecule has 0 saturated carbocycles. The second-order valence-corrected chi connectivity index (χ2v) is 11.0. The number of nitrogens with one attached hydrogen (secondary N) is 1. The third-order valence-electron chi connectivity index (χ3n) is 4.93. The van der Waals surface area contributed by atoms with E-state index < -0.39 is 98.8 Å². The van der Waals surface area contributed by atoms with Gasteiger partial charge in [0.1, 0.15) is 42.7 Å². The van der Waals surface area contributed by atoms with Crippen LogP contribution in [0.4, 0.5) is 0 Å². The minimum atomic E-state index is -5.05. The molecule has 2 fully saturated rings. The summed E-state index contributed by atoms with van der Waals surface area (Å²) in [4.78, 5) is 0. The highest BCUT2D eigenvalue weighted by Gasteiger charge is 2.51. The van der Waals surface area contributed by atoms with Gasteiger partial charge in [0.05, 0.1) is 18.8 Å². The Morgan fingerprint density at radius 3 is 1.94 bits per heavy atom. The van der Waals surface area contributed by atoms with Crippen LogP contribution in [0, 0.1) is 0 Å². The van der Waals surface area contributed by atoms with Gasteiger partial charge >= 0.3 is 31.0 Å². The summed E-state index contributed by atoms with van der Waals surface area (Å²) in [5, 5.41) is 35.8. The molecule has 202 valence electrons. The average molecular weight is 563 g/mol. The van der Waals surface area contributed by atoms with E-state index in [0.29, 0.717) is 0 Å². The number of aliphatic hydroxyl groups is 3. The SMILES string of the molecule is CC1O[C@@H](C)C(OS(=O)(=O)O)[C@H](O)C1O[C@H]1OC(COS(N)(=O)=O)[C@@H](O)[C@H](O)C1NS(=O)(=O)O. The van der Waals surface area contributed by atoms with E-state index >= 15 is 0 Å².